The smallest absolute Gasteiger partial charge is 0.129 e. The Labute approximate surface area is 136 Å². The minimum atomic E-state index is 0.115. The minimum absolute atomic E-state index is 0.115. The summed E-state index contributed by atoms with van der Waals surface area (Å²) in [6.07, 6.45) is 0. The van der Waals surface area contributed by atoms with E-state index in [2.05, 4.69) is 49.8 Å². The molecule has 2 heterocycles. The molecule has 1 N–H and O–H groups in total. The van der Waals surface area contributed by atoms with Gasteiger partial charge in [0.05, 0.1) is 12.1 Å². The van der Waals surface area contributed by atoms with Crippen molar-refractivity contribution in [3.63, 3.8) is 0 Å². The number of benzene rings is 1. The Kier molecular flexibility index (Phi) is 4.53. The van der Waals surface area contributed by atoms with Crippen molar-refractivity contribution >= 4 is 44.0 Å². The van der Waals surface area contributed by atoms with Gasteiger partial charge in [-0.3, -0.25) is 0 Å². The molecule has 3 rings (SSSR count). The second kappa shape index (κ2) is 6.56. The van der Waals surface area contributed by atoms with E-state index in [1.807, 2.05) is 18.2 Å². The zero-order chi connectivity index (χ0) is 14.7. The Morgan fingerprint density at radius 2 is 2.10 bits per heavy atom. The van der Waals surface area contributed by atoms with Crippen molar-refractivity contribution in [3.05, 3.63) is 57.2 Å². The Morgan fingerprint density at radius 3 is 2.86 bits per heavy atom. The Morgan fingerprint density at radius 1 is 1.19 bits per heavy atom. The molecule has 0 aliphatic carbocycles. The molecule has 0 spiro atoms. The van der Waals surface area contributed by atoms with Crippen LogP contribution in [0.1, 0.15) is 5.56 Å². The van der Waals surface area contributed by atoms with Crippen LogP contribution in [0.5, 0.6) is 0 Å². The molecule has 21 heavy (non-hydrogen) atoms. The van der Waals surface area contributed by atoms with Gasteiger partial charge in [0.25, 0.3) is 0 Å². The van der Waals surface area contributed by atoms with E-state index < -0.39 is 0 Å². The molecule has 2 aromatic heterocycles. The lowest BCUT2D eigenvalue weighted by Crippen LogP contribution is -2.26. The summed E-state index contributed by atoms with van der Waals surface area (Å²) in [5, 5.41) is 14.6. The lowest BCUT2D eigenvalue weighted by atomic mass is 10.2. The number of rotatable bonds is 5. The number of aliphatic hydroxyl groups is 1. The fraction of sp³-hybridized carbons (Fsp3) is 0.188. The van der Waals surface area contributed by atoms with Crippen LogP contribution >= 0.6 is 27.3 Å². The summed E-state index contributed by atoms with van der Waals surface area (Å²) in [5.74, 6) is 0.894. The van der Waals surface area contributed by atoms with E-state index in [4.69, 9.17) is 4.98 Å². The van der Waals surface area contributed by atoms with Crippen LogP contribution in [0, 0.1) is 0 Å². The van der Waals surface area contributed by atoms with Gasteiger partial charge in [-0.05, 0) is 52.7 Å². The standard InChI is InChI=1S/C16H15BrN2OS/c17-14-2-3-15-13(9-14)1-4-16(18-15)19(6-7-20)10-12-5-8-21-11-12/h1-5,8-9,11,20H,6-7,10H2. The van der Waals surface area contributed by atoms with E-state index in [-0.39, 0.29) is 6.61 Å². The molecule has 0 fully saturated rings. The van der Waals surface area contributed by atoms with Crippen molar-refractivity contribution in [2.75, 3.05) is 18.1 Å². The highest BCUT2D eigenvalue weighted by Crippen LogP contribution is 2.23. The van der Waals surface area contributed by atoms with Crippen LogP contribution in [0.2, 0.25) is 0 Å². The van der Waals surface area contributed by atoms with Gasteiger partial charge in [-0.15, -0.1) is 0 Å². The molecule has 5 heteroatoms. The average Bonchev–Trinajstić information content (AvgIpc) is 2.99. The number of pyridine rings is 1. The van der Waals surface area contributed by atoms with Gasteiger partial charge in [-0.25, -0.2) is 4.98 Å². The fourth-order valence-electron chi connectivity index (χ4n) is 2.26. The molecule has 3 nitrogen and oxygen atoms in total. The molecule has 1 aromatic carbocycles. The molecular formula is C16H15BrN2OS. The lowest BCUT2D eigenvalue weighted by Gasteiger charge is -2.22. The van der Waals surface area contributed by atoms with Gasteiger partial charge >= 0.3 is 0 Å². The first kappa shape index (κ1) is 14.5. The molecule has 0 saturated carbocycles. The van der Waals surface area contributed by atoms with Crippen LogP contribution in [0.3, 0.4) is 0 Å². The van der Waals surface area contributed by atoms with Crippen LogP contribution in [0.25, 0.3) is 10.9 Å². The normalized spacial score (nSPS) is 11.0. The quantitative estimate of drug-likeness (QED) is 0.743. The third-order valence-corrected chi connectivity index (χ3v) is 4.51. The zero-order valence-corrected chi connectivity index (χ0v) is 13.8. The molecule has 0 aliphatic rings. The summed E-state index contributed by atoms with van der Waals surface area (Å²) < 4.78 is 1.05. The molecule has 0 unspecified atom stereocenters. The highest BCUT2D eigenvalue weighted by Gasteiger charge is 2.09. The third-order valence-electron chi connectivity index (χ3n) is 3.28. The number of halogens is 1. The first-order valence-corrected chi connectivity index (χ1v) is 8.43. The van der Waals surface area contributed by atoms with Crippen molar-refractivity contribution in [1.82, 2.24) is 4.98 Å². The molecule has 3 aromatic rings. The van der Waals surface area contributed by atoms with E-state index >= 15 is 0 Å². The van der Waals surface area contributed by atoms with Crippen LogP contribution in [0.4, 0.5) is 5.82 Å². The highest BCUT2D eigenvalue weighted by atomic mass is 79.9. The molecule has 108 valence electrons. The summed E-state index contributed by atoms with van der Waals surface area (Å²) in [6.45, 7) is 1.45. The summed E-state index contributed by atoms with van der Waals surface area (Å²) in [4.78, 5) is 6.81. The summed E-state index contributed by atoms with van der Waals surface area (Å²) >= 11 is 5.16. The minimum Gasteiger partial charge on any atom is -0.395 e. The monoisotopic (exact) mass is 362 g/mol. The second-order valence-corrected chi connectivity index (χ2v) is 6.48. The highest BCUT2D eigenvalue weighted by molar-refractivity contribution is 9.10. The largest absolute Gasteiger partial charge is 0.395 e. The maximum absolute atomic E-state index is 9.30. The first-order valence-electron chi connectivity index (χ1n) is 6.69. The molecule has 0 atom stereocenters. The van der Waals surface area contributed by atoms with Crippen LogP contribution in [-0.2, 0) is 6.54 Å². The van der Waals surface area contributed by atoms with Crippen molar-refractivity contribution < 1.29 is 5.11 Å². The molecule has 0 radical (unpaired) electrons. The topological polar surface area (TPSA) is 36.4 Å². The third kappa shape index (κ3) is 3.43. The van der Waals surface area contributed by atoms with Crippen molar-refractivity contribution in [2.45, 2.75) is 6.54 Å². The van der Waals surface area contributed by atoms with E-state index in [9.17, 15) is 5.11 Å². The number of hydrogen-bond donors (Lipinski definition) is 1. The Bertz CT molecular complexity index is 730. The van der Waals surface area contributed by atoms with Gasteiger partial charge in [0, 0.05) is 22.9 Å². The van der Waals surface area contributed by atoms with Gasteiger partial charge in [0.15, 0.2) is 0 Å². The van der Waals surface area contributed by atoms with Crippen LogP contribution in [-0.4, -0.2) is 23.2 Å². The molecule has 0 bridgehead atoms. The Hall–Kier alpha value is -1.43. The summed E-state index contributed by atoms with van der Waals surface area (Å²) in [7, 11) is 0. The van der Waals surface area contributed by atoms with E-state index in [1.54, 1.807) is 11.3 Å². The number of anilines is 1. The van der Waals surface area contributed by atoms with Crippen molar-refractivity contribution in [1.29, 1.82) is 0 Å². The SMILES string of the molecule is OCCN(Cc1ccsc1)c1ccc2cc(Br)ccc2n1. The molecular weight excluding hydrogens is 348 g/mol. The first-order chi connectivity index (χ1) is 10.3. The second-order valence-electron chi connectivity index (χ2n) is 4.78. The van der Waals surface area contributed by atoms with Crippen molar-refractivity contribution in [3.8, 4) is 0 Å². The molecule has 0 aliphatic heterocycles. The molecule has 0 amide bonds. The predicted molar refractivity (Wildman–Crippen MR) is 91.9 cm³/mol. The summed E-state index contributed by atoms with van der Waals surface area (Å²) in [6, 6.07) is 12.2. The lowest BCUT2D eigenvalue weighted by molar-refractivity contribution is 0.301. The maximum Gasteiger partial charge on any atom is 0.129 e. The zero-order valence-electron chi connectivity index (χ0n) is 11.4. The summed E-state index contributed by atoms with van der Waals surface area (Å²) in [5.41, 5.74) is 2.20. The number of fused-ring (bicyclic) bond motifs is 1. The number of aliphatic hydroxyl groups excluding tert-OH is 1. The molecule has 0 saturated heterocycles. The number of thiophene rings is 1. The van der Waals surface area contributed by atoms with Gasteiger partial charge < -0.3 is 10.0 Å². The van der Waals surface area contributed by atoms with E-state index in [1.165, 1.54) is 5.56 Å². The fourth-order valence-corrected chi connectivity index (χ4v) is 3.30. The number of hydrogen-bond acceptors (Lipinski definition) is 4. The predicted octanol–water partition coefficient (Wildman–Crippen LogP) is 4.06. The van der Waals surface area contributed by atoms with Crippen molar-refractivity contribution in [2.24, 2.45) is 0 Å². The van der Waals surface area contributed by atoms with Gasteiger partial charge in [0.2, 0.25) is 0 Å². The van der Waals surface area contributed by atoms with Crippen LogP contribution < -0.4 is 4.90 Å². The van der Waals surface area contributed by atoms with Crippen LogP contribution in [0.15, 0.2) is 51.6 Å². The number of nitrogens with zero attached hydrogens (tertiary/aromatic N) is 2. The van der Waals surface area contributed by atoms with Gasteiger partial charge in [-0.2, -0.15) is 11.3 Å². The van der Waals surface area contributed by atoms with E-state index in [0.29, 0.717) is 6.54 Å². The Balaban J connectivity index is 1.92. The van der Waals surface area contributed by atoms with E-state index in [0.717, 1.165) is 27.7 Å². The van der Waals surface area contributed by atoms with Gasteiger partial charge in [-0.1, -0.05) is 15.9 Å². The van der Waals surface area contributed by atoms with Gasteiger partial charge in [0.1, 0.15) is 5.82 Å². The maximum atomic E-state index is 9.30. The number of aromatic nitrogens is 1. The average molecular weight is 363 g/mol.